The Bertz CT molecular complexity index is 4180. The molecule has 0 atom stereocenters. The van der Waals surface area contributed by atoms with Crippen molar-refractivity contribution in [3.8, 4) is 85.0 Å². The van der Waals surface area contributed by atoms with Gasteiger partial charge in [0.1, 0.15) is 0 Å². The molecule has 0 aliphatic carbocycles. The zero-order chi connectivity index (χ0) is 48.1. The van der Waals surface area contributed by atoms with Crippen LogP contribution in [0.3, 0.4) is 0 Å². The molecule has 0 bridgehead atoms. The van der Waals surface area contributed by atoms with Crippen LogP contribution < -0.4 is 0 Å². The third-order valence-electron chi connectivity index (χ3n) is 13.6. The summed E-state index contributed by atoms with van der Waals surface area (Å²) in [5.41, 5.74) is 16.0. The first-order chi connectivity index (χ1) is 35.6. The molecule has 13 rings (SSSR count). The number of para-hydroxylation sites is 2. The van der Waals surface area contributed by atoms with Gasteiger partial charge in [-0.1, -0.05) is 152 Å². The van der Waals surface area contributed by atoms with Crippen LogP contribution in [0.4, 0.5) is 5.69 Å². The highest BCUT2D eigenvalue weighted by Crippen LogP contribution is 2.42. The van der Waals surface area contributed by atoms with Gasteiger partial charge in [-0.3, -0.25) is 0 Å². The molecular formula is C65H39N7. The third kappa shape index (κ3) is 7.25. The first-order valence-corrected chi connectivity index (χ1v) is 23.8. The van der Waals surface area contributed by atoms with Gasteiger partial charge in [0.2, 0.25) is 0 Å². The second-order valence-electron chi connectivity index (χ2n) is 17.8. The summed E-state index contributed by atoms with van der Waals surface area (Å²) in [6.07, 6.45) is 0. The zero-order valence-electron chi connectivity index (χ0n) is 38.6. The molecule has 334 valence electrons. The molecule has 0 amide bonds. The maximum atomic E-state index is 9.85. The van der Waals surface area contributed by atoms with Crippen molar-refractivity contribution in [3.05, 3.63) is 254 Å². The van der Waals surface area contributed by atoms with Crippen LogP contribution in [0.1, 0.15) is 5.56 Å². The van der Waals surface area contributed by atoms with Crippen LogP contribution in [0.2, 0.25) is 0 Å². The lowest BCUT2D eigenvalue weighted by atomic mass is 9.99. The Morgan fingerprint density at radius 1 is 0.361 bits per heavy atom. The van der Waals surface area contributed by atoms with E-state index < -0.39 is 0 Å². The van der Waals surface area contributed by atoms with E-state index in [1.165, 1.54) is 5.39 Å². The molecule has 7 heteroatoms. The fourth-order valence-electron chi connectivity index (χ4n) is 10.2. The molecule has 10 aromatic carbocycles. The summed E-state index contributed by atoms with van der Waals surface area (Å²) in [7, 11) is 0. The Morgan fingerprint density at radius 3 is 1.43 bits per heavy atom. The fraction of sp³-hybridized carbons (Fsp3) is 0. The van der Waals surface area contributed by atoms with E-state index in [0.29, 0.717) is 28.7 Å². The van der Waals surface area contributed by atoms with Gasteiger partial charge in [-0.15, -0.1) is 0 Å². The molecule has 0 spiro atoms. The molecule has 0 N–H and O–H groups in total. The normalized spacial score (nSPS) is 11.3. The second-order valence-corrected chi connectivity index (χ2v) is 17.8. The SMILES string of the molecule is [C-]#[N+]c1cccc(-c2ccc3c(c2)c2cc(-c4cccc(C#N)c4)ccc2n3-c2ccc(-c3ccc4c(c3)c3ccccc3n4-c3ccccc3)cc2-c2nc(-c3ccccc3)nc(-c3ccccc3)n2)c1. The van der Waals surface area contributed by atoms with Crippen LogP contribution in [0.25, 0.3) is 127 Å². The Balaban J connectivity index is 1.09. The number of nitriles is 1. The Labute approximate surface area is 415 Å². The topological polar surface area (TPSA) is 76.7 Å². The van der Waals surface area contributed by atoms with Crippen LogP contribution in [0, 0.1) is 17.9 Å². The van der Waals surface area contributed by atoms with Gasteiger partial charge >= 0.3 is 0 Å². The van der Waals surface area contributed by atoms with Crippen molar-refractivity contribution in [1.82, 2.24) is 24.1 Å². The minimum Gasteiger partial charge on any atom is -0.309 e. The van der Waals surface area contributed by atoms with Crippen molar-refractivity contribution in [3.63, 3.8) is 0 Å². The Kier molecular flexibility index (Phi) is 10.1. The first kappa shape index (κ1) is 41.9. The van der Waals surface area contributed by atoms with Crippen molar-refractivity contribution in [1.29, 1.82) is 5.26 Å². The lowest BCUT2D eigenvalue weighted by Crippen LogP contribution is -2.04. The molecule has 0 unspecified atom stereocenters. The summed E-state index contributed by atoms with van der Waals surface area (Å²) in [6.45, 7) is 7.75. The number of nitrogens with zero attached hydrogens (tertiary/aromatic N) is 7. The minimum absolute atomic E-state index is 0.536. The average molecular weight is 918 g/mol. The lowest BCUT2D eigenvalue weighted by molar-refractivity contribution is 1.06. The summed E-state index contributed by atoms with van der Waals surface area (Å²) in [5, 5.41) is 14.3. The number of rotatable bonds is 8. The molecule has 0 aliphatic heterocycles. The van der Waals surface area contributed by atoms with Gasteiger partial charge in [0.25, 0.3) is 0 Å². The monoisotopic (exact) mass is 917 g/mol. The highest BCUT2D eigenvalue weighted by Gasteiger charge is 2.22. The fourth-order valence-corrected chi connectivity index (χ4v) is 10.2. The van der Waals surface area contributed by atoms with E-state index in [0.717, 1.165) is 99.7 Å². The predicted molar refractivity (Wildman–Crippen MR) is 292 cm³/mol. The van der Waals surface area contributed by atoms with Crippen LogP contribution in [0.5, 0.6) is 0 Å². The van der Waals surface area contributed by atoms with Crippen LogP contribution in [-0.4, -0.2) is 24.1 Å². The molecule has 0 fully saturated rings. The molecule has 7 nitrogen and oxygen atoms in total. The number of hydrogen-bond donors (Lipinski definition) is 0. The molecule has 3 heterocycles. The van der Waals surface area contributed by atoms with Gasteiger partial charge in [0.05, 0.1) is 46.0 Å². The smallest absolute Gasteiger partial charge is 0.187 e. The highest BCUT2D eigenvalue weighted by atomic mass is 15.1. The summed E-state index contributed by atoms with van der Waals surface area (Å²) in [6, 6.07) is 83.6. The summed E-state index contributed by atoms with van der Waals surface area (Å²) in [4.78, 5) is 19.5. The van der Waals surface area contributed by atoms with Crippen molar-refractivity contribution in [2.45, 2.75) is 0 Å². The minimum atomic E-state index is 0.536. The standard InChI is InChI=1S/C65H39N7/c1-67-51-22-14-21-46(36-51)48-29-33-61-56(39-48)55-38-47(45-20-13-15-42(35-45)41-66)28-32-60(55)72(61)62-34-30-50(49-27-31-59-54(37-49)53-25-11-12-26-58(53)71(59)52-23-9-4-10-24-52)40-57(62)65-69-63(43-16-5-2-6-17-43)68-64(70-65)44-18-7-3-8-19-44/h2-40H. The maximum absolute atomic E-state index is 9.85. The van der Waals surface area contributed by atoms with E-state index in [2.05, 4.69) is 154 Å². The zero-order valence-corrected chi connectivity index (χ0v) is 38.6. The Morgan fingerprint density at radius 2 is 0.819 bits per heavy atom. The van der Waals surface area contributed by atoms with E-state index in [9.17, 15) is 5.26 Å². The van der Waals surface area contributed by atoms with E-state index in [1.54, 1.807) is 0 Å². The Hall–Kier alpha value is -10.2. The van der Waals surface area contributed by atoms with Crippen LogP contribution in [-0.2, 0) is 0 Å². The van der Waals surface area contributed by atoms with E-state index in [-0.39, 0.29) is 0 Å². The van der Waals surface area contributed by atoms with E-state index in [4.69, 9.17) is 21.5 Å². The van der Waals surface area contributed by atoms with Crippen LogP contribution in [0.15, 0.2) is 237 Å². The number of aromatic nitrogens is 5. The summed E-state index contributed by atoms with van der Waals surface area (Å²) >= 11 is 0. The number of hydrogen-bond acceptors (Lipinski definition) is 4. The van der Waals surface area contributed by atoms with Gasteiger partial charge in [-0.05, 0) is 118 Å². The molecule has 3 aromatic heterocycles. The molecule has 0 aliphatic rings. The summed E-state index contributed by atoms with van der Waals surface area (Å²) in [5.74, 6) is 1.68. The van der Waals surface area contributed by atoms with Gasteiger partial charge in [-0.25, -0.2) is 19.8 Å². The molecule has 72 heavy (non-hydrogen) atoms. The van der Waals surface area contributed by atoms with Gasteiger partial charge < -0.3 is 9.13 Å². The molecule has 0 saturated heterocycles. The molecule has 0 radical (unpaired) electrons. The van der Waals surface area contributed by atoms with E-state index in [1.807, 2.05) is 103 Å². The predicted octanol–water partition coefficient (Wildman–Crippen LogP) is 16.5. The average Bonchev–Trinajstić information content (AvgIpc) is 3.97. The van der Waals surface area contributed by atoms with E-state index >= 15 is 0 Å². The van der Waals surface area contributed by atoms with Crippen molar-refractivity contribution >= 4 is 49.3 Å². The maximum Gasteiger partial charge on any atom is 0.187 e. The quantitative estimate of drug-likeness (QED) is 0.142. The number of fused-ring (bicyclic) bond motifs is 6. The molecule has 0 saturated carbocycles. The largest absolute Gasteiger partial charge is 0.309 e. The highest BCUT2D eigenvalue weighted by molar-refractivity contribution is 6.13. The van der Waals surface area contributed by atoms with Crippen molar-refractivity contribution in [2.24, 2.45) is 0 Å². The third-order valence-corrected chi connectivity index (χ3v) is 13.6. The molecule has 13 aromatic rings. The lowest BCUT2D eigenvalue weighted by Gasteiger charge is -2.17. The number of benzene rings is 10. The van der Waals surface area contributed by atoms with Gasteiger partial charge in [0, 0.05) is 43.9 Å². The summed E-state index contributed by atoms with van der Waals surface area (Å²) < 4.78 is 4.66. The molecular weight excluding hydrogens is 879 g/mol. The second kappa shape index (κ2) is 17.4. The van der Waals surface area contributed by atoms with Gasteiger partial charge in [0.15, 0.2) is 23.2 Å². The first-order valence-electron chi connectivity index (χ1n) is 23.8. The van der Waals surface area contributed by atoms with Gasteiger partial charge in [-0.2, -0.15) is 5.26 Å². The van der Waals surface area contributed by atoms with Crippen LogP contribution >= 0.6 is 0 Å². The van der Waals surface area contributed by atoms with Crippen molar-refractivity contribution in [2.75, 3.05) is 0 Å². The van der Waals surface area contributed by atoms with Crippen molar-refractivity contribution < 1.29 is 0 Å².